The average molecular weight is 342 g/mol. The summed E-state index contributed by atoms with van der Waals surface area (Å²) in [6.07, 6.45) is 0. The number of carbonyl (C=O) groups is 1. The molecule has 1 aromatic heterocycles. The SMILES string of the molecule is Cc1nc2ccccc2n(C(C)C(=O)Nc2ccccc2Cl)c1=O. The van der Waals surface area contributed by atoms with Crippen molar-refractivity contribution in [3.63, 3.8) is 0 Å². The smallest absolute Gasteiger partial charge is 0.273 e. The fourth-order valence-electron chi connectivity index (χ4n) is 2.58. The number of carbonyl (C=O) groups excluding carboxylic acids is 1. The molecule has 5 nitrogen and oxygen atoms in total. The number of fused-ring (bicyclic) bond motifs is 1. The maximum Gasteiger partial charge on any atom is 0.273 e. The summed E-state index contributed by atoms with van der Waals surface area (Å²) in [4.78, 5) is 29.5. The topological polar surface area (TPSA) is 64.0 Å². The molecular formula is C18H16ClN3O2. The maximum absolute atomic E-state index is 12.6. The molecule has 1 N–H and O–H groups in total. The molecule has 0 radical (unpaired) electrons. The van der Waals surface area contributed by atoms with Crippen molar-refractivity contribution in [2.24, 2.45) is 0 Å². The largest absolute Gasteiger partial charge is 0.323 e. The summed E-state index contributed by atoms with van der Waals surface area (Å²) in [5, 5.41) is 3.21. The number of nitrogens with zero attached hydrogens (tertiary/aromatic N) is 2. The number of hydrogen-bond donors (Lipinski definition) is 1. The first-order chi connectivity index (χ1) is 11.5. The van der Waals surface area contributed by atoms with Crippen LogP contribution in [0.4, 0.5) is 5.69 Å². The highest BCUT2D eigenvalue weighted by molar-refractivity contribution is 6.33. The predicted molar refractivity (Wildman–Crippen MR) is 95.5 cm³/mol. The molecule has 0 spiro atoms. The zero-order valence-electron chi connectivity index (χ0n) is 13.3. The van der Waals surface area contributed by atoms with Gasteiger partial charge < -0.3 is 5.32 Å². The summed E-state index contributed by atoms with van der Waals surface area (Å²) < 4.78 is 1.46. The van der Waals surface area contributed by atoms with Gasteiger partial charge in [0.25, 0.3) is 5.56 Å². The van der Waals surface area contributed by atoms with Gasteiger partial charge in [-0.3, -0.25) is 14.2 Å². The molecule has 3 rings (SSSR count). The van der Waals surface area contributed by atoms with Crippen molar-refractivity contribution >= 4 is 34.2 Å². The molecule has 0 aliphatic rings. The second-order valence-electron chi connectivity index (χ2n) is 5.51. The average Bonchev–Trinajstić information content (AvgIpc) is 2.57. The lowest BCUT2D eigenvalue weighted by Crippen LogP contribution is -2.33. The third-order valence-corrected chi connectivity index (χ3v) is 4.19. The highest BCUT2D eigenvalue weighted by Gasteiger charge is 2.20. The van der Waals surface area contributed by atoms with Gasteiger partial charge in [0.2, 0.25) is 5.91 Å². The summed E-state index contributed by atoms with van der Waals surface area (Å²) in [7, 11) is 0. The highest BCUT2D eigenvalue weighted by atomic mass is 35.5. The Morgan fingerprint density at radius 1 is 1.17 bits per heavy atom. The van der Waals surface area contributed by atoms with E-state index in [1.165, 1.54) is 4.57 Å². The minimum atomic E-state index is -0.708. The van der Waals surface area contributed by atoms with E-state index < -0.39 is 6.04 Å². The van der Waals surface area contributed by atoms with Gasteiger partial charge in [0.05, 0.1) is 21.7 Å². The van der Waals surface area contributed by atoms with Gasteiger partial charge in [-0.05, 0) is 38.1 Å². The third-order valence-electron chi connectivity index (χ3n) is 3.86. The van der Waals surface area contributed by atoms with Gasteiger partial charge in [-0.2, -0.15) is 0 Å². The van der Waals surface area contributed by atoms with E-state index in [1.807, 2.05) is 18.2 Å². The van der Waals surface area contributed by atoms with Crippen LogP contribution in [-0.4, -0.2) is 15.5 Å². The molecule has 0 fully saturated rings. The summed E-state index contributed by atoms with van der Waals surface area (Å²) >= 11 is 6.08. The molecule has 1 amide bonds. The number of amides is 1. The van der Waals surface area contributed by atoms with Crippen LogP contribution in [0.3, 0.4) is 0 Å². The van der Waals surface area contributed by atoms with Crippen molar-refractivity contribution in [1.29, 1.82) is 0 Å². The molecule has 6 heteroatoms. The number of anilines is 1. The number of nitrogens with one attached hydrogen (secondary N) is 1. The summed E-state index contributed by atoms with van der Waals surface area (Å²) in [6.45, 7) is 3.32. The quantitative estimate of drug-likeness (QED) is 0.792. The number of hydrogen-bond acceptors (Lipinski definition) is 3. The number of benzene rings is 2. The van der Waals surface area contributed by atoms with Gasteiger partial charge in [-0.1, -0.05) is 35.9 Å². The van der Waals surface area contributed by atoms with Crippen LogP contribution < -0.4 is 10.9 Å². The van der Waals surface area contributed by atoms with E-state index >= 15 is 0 Å². The lowest BCUT2D eigenvalue weighted by molar-refractivity contribution is -0.118. The Hall–Kier alpha value is -2.66. The van der Waals surface area contributed by atoms with Crippen LogP contribution in [0.1, 0.15) is 18.7 Å². The standard InChI is InChI=1S/C18H16ClN3O2/c1-11-18(24)22(16-10-6-5-9-15(16)20-11)12(2)17(23)21-14-8-4-3-7-13(14)19/h3-10,12H,1-2H3,(H,21,23). The molecule has 2 aromatic carbocycles. The molecule has 1 unspecified atom stereocenters. The zero-order valence-corrected chi connectivity index (χ0v) is 14.0. The summed E-state index contributed by atoms with van der Waals surface area (Å²) in [6, 6.07) is 13.5. The Labute approximate surface area is 143 Å². The normalized spacial score (nSPS) is 12.1. The number of rotatable bonds is 3. The van der Waals surface area contributed by atoms with Crippen LogP contribution in [-0.2, 0) is 4.79 Å². The van der Waals surface area contributed by atoms with Gasteiger partial charge >= 0.3 is 0 Å². The van der Waals surface area contributed by atoms with Crippen molar-refractivity contribution in [3.8, 4) is 0 Å². The number of aryl methyl sites for hydroxylation is 1. The summed E-state index contributed by atoms with van der Waals surface area (Å²) in [5.41, 5.74) is 1.88. The molecule has 0 bridgehead atoms. The van der Waals surface area contributed by atoms with Crippen LogP contribution in [0.15, 0.2) is 53.3 Å². The number of halogens is 1. The van der Waals surface area contributed by atoms with Crippen molar-refractivity contribution in [1.82, 2.24) is 9.55 Å². The lowest BCUT2D eigenvalue weighted by Gasteiger charge is -2.18. The van der Waals surface area contributed by atoms with Crippen molar-refractivity contribution in [3.05, 3.63) is 69.6 Å². The van der Waals surface area contributed by atoms with E-state index in [0.29, 0.717) is 27.4 Å². The summed E-state index contributed by atoms with van der Waals surface area (Å²) in [5.74, 6) is -0.319. The first kappa shape index (κ1) is 16.2. The Morgan fingerprint density at radius 3 is 2.58 bits per heavy atom. The minimum absolute atomic E-state index is 0.282. The zero-order chi connectivity index (χ0) is 17.3. The van der Waals surface area contributed by atoms with E-state index in [9.17, 15) is 9.59 Å². The molecule has 3 aromatic rings. The highest BCUT2D eigenvalue weighted by Crippen LogP contribution is 2.22. The second kappa shape index (κ2) is 6.45. The predicted octanol–water partition coefficient (Wildman–Crippen LogP) is 3.56. The monoisotopic (exact) mass is 341 g/mol. The molecule has 0 aliphatic carbocycles. The van der Waals surface area contributed by atoms with Crippen molar-refractivity contribution in [2.45, 2.75) is 19.9 Å². The first-order valence-corrected chi connectivity index (χ1v) is 7.90. The van der Waals surface area contributed by atoms with E-state index in [1.54, 1.807) is 44.2 Å². The third kappa shape index (κ3) is 2.90. The number of aromatic nitrogens is 2. The van der Waals surface area contributed by atoms with Crippen LogP contribution in [0, 0.1) is 6.92 Å². The molecule has 0 saturated heterocycles. The molecular weight excluding hydrogens is 326 g/mol. The Morgan fingerprint density at radius 2 is 1.83 bits per heavy atom. The van der Waals surface area contributed by atoms with Gasteiger partial charge in [-0.25, -0.2) is 4.98 Å². The van der Waals surface area contributed by atoms with Crippen LogP contribution >= 0.6 is 11.6 Å². The van der Waals surface area contributed by atoms with Crippen molar-refractivity contribution < 1.29 is 4.79 Å². The first-order valence-electron chi connectivity index (χ1n) is 7.52. The molecule has 0 aliphatic heterocycles. The lowest BCUT2D eigenvalue weighted by atomic mass is 10.2. The van der Waals surface area contributed by atoms with Gasteiger partial charge in [0, 0.05) is 0 Å². The Kier molecular flexibility index (Phi) is 4.36. The molecule has 0 saturated carbocycles. The molecule has 1 atom stereocenters. The second-order valence-corrected chi connectivity index (χ2v) is 5.91. The van der Waals surface area contributed by atoms with E-state index in [-0.39, 0.29) is 11.5 Å². The Bertz CT molecular complexity index is 981. The van der Waals surface area contributed by atoms with Crippen LogP contribution in [0.5, 0.6) is 0 Å². The minimum Gasteiger partial charge on any atom is -0.323 e. The fourth-order valence-corrected chi connectivity index (χ4v) is 2.76. The molecule has 1 heterocycles. The van der Waals surface area contributed by atoms with E-state index in [4.69, 9.17) is 11.6 Å². The van der Waals surface area contributed by atoms with E-state index in [2.05, 4.69) is 10.3 Å². The van der Waals surface area contributed by atoms with Crippen LogP contribution in [0.25, 0.3) is 11.0 Å². The fraction of sp³-hybridized carbons (Fsp3) is 0.167. The molecule has 24 heavy (non-hydrogen) atoms. The molecule has 122 valence electrons. The van der Waals surface area contributed by atoms with E-state index in [0.717, 1.165) is 0 Å². The Balaban J connectivity index is 2.04. The van der Waals surface area contributed by atoms with Crippen LogP contribution in [0.2, 0.25) is 5.02 Å². The van der Waals surface area contributed by atoms with Gasteiger partial charge in [-0.15, -0.1) is 0 Å². The van der Waals surface area contributed by atoms with Gasteiger partial charge in [0.1, 0.15) is 11.7 Å². The maximum atomic E-state index is 12.6. The number of para-hydroxylation sites is 3. The van der Waals surface area contributed by atoms with Crippen molar-refractivity contribution in [2.75, 3.05) is 5.32 Å². The van der Waals surface area contributed by atoms with Gasteiger partial charge in [0.15, 0.2) is 0 Å².